The Kier molecular flexibility index (Phi) is 5.54. The first-order valence-corrected chi connectivity index (χ1v) is 6.86. The van der Waals surface area contributed by atoms with Crippen molar-refractivity contribution in [3.05, 3.63) is 47.5 Å². The predicted octanol–water partition coefficient (Wildman–Crippen LogP) is 4.74. The number of benzene rings is 2. The quantitative estimate of drug-likeness (QED) is 0.685. The topological polar surface area (TPSA) is 56.3 Å². The zero-order valence-corrected chi connectivity index (χ0v) is 14.3. The Morgan fingerprint density at radius 2 is 1.92 bits per heavy atom. The van der Waals surface area contributed by atoms with Crippen LogP contribution in [0, 0.1) is 5.82 Å². The maximum Gasteiger partial charge on any atom is 0.231 e. The van der Waals surface area contributed by atoms with E-state index in [1.807, 2.05) is 0 Å². The van der Waals surface area contributed by atoms with Gasteiger partial charge in [0.1, 0.15) is 23.6 Å². The van der Waals surface area contributed by atoms with Crippen LogP contribution in [-0.4, -0.2) is 16.8 Å². The predicted molar refractivity (Wildman–Crippen MR) is 94.8 cm³/mol. The summed E-state index contributed by atoms with van der Waals surface area (Å²) in [6.07, 6.45) is 1.36. The van der Waals surface area contributed by atoms with Gasteiger partial charge in [-0.05, 0) is 24.3 Å². The Labute approximate surface area is 154 Å². The second kappa shape index (κ2) is 7.25. The van der Waals surface area contributed by atoms with E-state index in [9.17, 15) is 4.39 Å². The monoisotopic (exact) mass is 389 g/mol. The van der Waals surface area contributed by atoms with Gasteiger partial charge in [-0.15, -0.1) is 24.8 Å². The van der Waals surface area contributed by atoms with E-state index >= 15 is 0 Å². The minimum Gasteiger partial charge on any atom is -0.454 e. The number of ether oxygens (including phenoxy) is 2. The molecule has 1 N–H and O–H groups in total. The van der Waals surface area contributed by atoms with Gasteiger partial charge in [-0.1, -0.05) is 17.7 Å². The lowest BCUT2D eigenvalue weighted by Crippen LogP contribution is -2.00. The van der Waals surface area contributed by atoms with Gasteiger partial charge >= 0.3 is 0 Å². The minimum absolute atomic E-state index is 0. The third-order valence-electron chi connectivity index (χ3n) is 3.34. The van der Waals surface area contributed by atoms with Gasteiger partial charge in [0.05, 0.1) is 15.9 Å². The highest BCUT2D eigenvalue weighted by Gasteiger charge is 2.21. The van der Waals surface area contributed by atoms with Crippen LogP contribution in [0.2, 0.25) is 5.02 Å². The van der Waals surface area contributed by atoms with Gasteiger partial charge in [-0.3, -0.25) is 0 Å². The number of anilines is 2. The molecule has 1 aromatic heterocycles. The molecule has 1 aliphatic rings. The van der Waals surface area contributed by atoms with Crippen molar-refractivity contribution < 1.29 is 13.9 Å². The smallest absolute Gasteiger partial charge is 0.231 e. The number of nitrogens with one attached hydrogen (secondary N) is 1. The standard InChI is InChI=1S/C15H9ClFN3O2.2ClH/c16-8-4-5-11-14(22-7-21-11)13(8)20-15-12-9(17)2-1-3-10(12)18-6-19-15;;/h1-6H,7H2,(H,18,19,20);2*1H. The molecule has 0 unspecified atom stereocenters. The van der Waals surface area contributed by atoms with Crippen LogP contribution in [0.1, 0.15) is 0 Å². The summed E-state index contributed by atoms with van der Waals surface area (Å²) >= 11 is 6.21. The Bertz CT molecular complexity index is 890. The number of halogens is 4. The molecule has 4 rings (SSSR count). The molecule has 0 radical (unpaired) electrons. The SMILES string of the molecule is Cl.Cl.Fc1cccc2ncnc(Nc3c(Cl)ccc4c3OCO4)c12. The summed E-state index contributed by atoms with van der Waals surface area (Å²) in [6, 6.07) is 8.06. The van der Waals surface area contributed by atoms with Gasteiger partial charge in [0.25, 0.3) is 0 Å². The minimum atomic E-state index is -0.415. The summed E-state index contributed by atoms with van der Waals surface area (Å²) < 4.78 is 24.8. The van der Waals surface area contributed by atoms with Gasteiger partial charge in [0.15, 0.2) is 11.5 Å². The van der Waals surface area contributed by atoms with Crippen molar-refractivity contribution in [2.45, 2.75) is 0 Å². The maximum absolute atomic E-state index is 14.1. The van der Waals surface area contributed by atoms with Gasteiger partial charge < -0.3 is 14.8 Å². The number of hydrogen-bond acceptors (Lipinski definition) is 5. The van der Waals surface area contributed by atoms with Crippen molar-refractivity contribution in [3.63, 3.8) is 0 Å². The molecule has 0 aliphatic carbocycles. The molecule has 24 heavy (non-hydrogen) atoms. The molecular formula is C15H11Cl3FN3O2. The van der Waals surface area contributed by atoms with Crippen LogP contribution in [0.5, 0.6) is 11.5 Å². The van der Waals surface area contributed by atoms with E-state index in [-0.39, 0.29) is 37.0 Å². The van der Waals surface area contributed by atoms with E-state index in [2.05, 4.69) is 15.3 Å². The molecule has 0 spiro atoms. The molecule has 9 heteroatoms. The average molecular weight is 391 g/mol. The summed E-state index contributed by atoms with van der Waals surface area (Å²) in [5.74, 6) is 0.955. The summed E-state index contributed by atoms with van der Waals surface area (Å²) in [7, 11) is 0. The van der Waals surface area contributed by atoms with Crippen LogP contribution in [0.15, 0.2) is 36.7 Å². The fraction of sp³-hybridized carbons (Fsp3) is 0.0667. The van der Waals surface area contributed by atoms with Crippen molar-refractivity contribution >= 4 is 58.8 Å². The number of hydrogen-bond donors (Lipinski definition) is 1. The van der Waals surface area contributed by atoms with Crippen LogP contribution < -0.4 is 14.8 Å². The van der Waals surface area contributed by atoms with Gasteiger partial charge in [-0.25, -0.2) is 14.4 Å². The molecule has 3 aromatic rings. The first kappa shape index (κ1) is 18.3. The summed E-state index contributed by atoms with van der Waals surface area (Å²) in [4.78, 5) is 8.17. The Hall–Kier alpha value is -2.02. The number of aromatic nitrogens is 2. The zero-order valence-electron chi connectivity index (χ0n) is 12.0. The molecule has 0 atom stereocenters. The van der Waals surface area contributed by atoms with Crippen molar-refractivity contribution in [2.75, 3.05) is 12.1 Å². The Morgan fingerprint density at radius 3 is 2.75 bits per heavy atom. The number of fused-ring (bicyclic) bond motifs is 2. The van der Waals surface area contributed by atoms with Gasteiger partial charge in [0, 0.05) is 0 Å². The molecule has 0 saturated carbocycles. The van der Waals surface area contributed by atoms with Gasteiger partial charge in [-0.2, -0.15) is 0 Å². The molecule has 0 amide bonds. The van der Waals surface area contributed by atoms with E-state index in [0.29, 0.717) is 33.5 Å². The van der Waals surface area contributed by atoms with Crippen LogP contribution in [0.3, 0.4) is 0 Å². The zero-order chi connectivity index (χ0) is 15.1. The molecular weight excluding hydrogens is 380 g/mol. The highest BCUT2D eigenvalue weighted by atomic mass is 35.5. The van der Waals surface area contributed by atoms with Crippen molar-refractivity contribution in [1.29, 1.82) is 0 Å². The maximum atomic E-state index is 14.1. The third-order valence-corrected chi connectivity index (χ3v) is 3.66. The molecule has 1 aliphatic heterocycles. The summed E-state index contributed by atoms with van der Waals surface area (Å²) in [5, 5.41) is 3.74. The lowest BCUT2D eigenvalue weighted by Gasteiger charge is -2.12. The van der Waals surface area contributed by atoms with Crippen molar-refractivity contribution in [3.8, 4) is 11.5 Å². The Morgan fingerprint density at radius 1 is 1.08 bits per heavy atom. The van der Waals surface area contributed by atoms with E-state index in [4.69, 9.17) is 21.1 Å². The molecule has 2 heterocycles. The second-order valence-corrected chi connectivity index (χ2v) is 5.04. The molecule has 0 fully saturated rings. The average Bonchev–Trinajstić information content (AvgIpc) is 2.99. The fourth-order valence-corrected chi connectivity index (χ4v) is 2.54. The van der Waals surface area contributed by atoms with Crippen molar-refractivity contribution in [1.82, 2.24) is 9.97 Å². The molecule has 0 bridgehead atoms. The van der Waals surface area contributed by atoms with Crippen LogP contribution in [-0.2, 0) is 0 Å². The fourth-order valence-electron chi connectivity index (χ4n) is 2.35. The lowest BCUT2D eigenvalue weighted by atomic mass is 10.2. The summed E-state index contributed by atoms with van der Waals surface area (Å²) in [6.45, 7) is 0.114. The first-order valence-electron chi connectivity index (χ1n) is 6.48. The molecule has 0 saturated heterocycles. The molecule has 5 nitrogen and oxygen atoms in total. The lowest BCUT2D eigenvalue weighted by molar-refractivity contribution is 0.174. The van der Waals surface area contributed by atoms with Crippen LogP contribution >= 0.6 is 36.4 Å². The van der Waals surface area contributed by atoms with E-state index < -0.39 is 5.82 Å². The number of rotatable bonds is 2. The second-order valence-electron chi connectivity index (χ2n) is 4.64. The first-order chi connectivity index (χ1) is 10.7. The van der Waals surface area contributed by atoms with E-state index in [1.165, 1.54) is 12.4 Å². The molecule has 126 valence electrons. The van der Waals surface area contributed by atoms with E-state index in [1.54, 1.807) is 24.3 Å². The number of nitrogens with zero attached hydrogens (tertiary/aromatic N) is 2. The van der Waals surface area contributed by atoms with Crippen LogP contribution in [0.4, 0.5) is 15.9 Å². The Balaban J connectivity index is 0.00000104. The van der Waals surface area contributed by atoms with E-state index in [0.717, 1.165) is 0 Å². The highest BCUT2D eigenvalue weighted by Crippen LogP contribution is 2.45. The highest BCUT2D eigenvalue weighted by molar-refractivity contribution is 6.34. The van der Waals surface area contributed by atoms with Gasteiger partial charge in [0.2, 0.25) is 6.79 Å². The normalized spacial score (nSPS) is 11.6. The largest absolute Gasteiger partial charge is 0.454 e. The molecule has 2 aromatic carbocycles. The third kappa shape index (κ3) is 3.00. The summed E-state index contributed by atoms with van der Waals surface area (Å²) in [5.41, 5.74) is 0.985. The van der Waals surface area contributed by atoms with Crippen molar-refractivity contribution in [2.24, 2.45) is 0 Å². The van der Waals surface area contributed by atoms with Crippen LogP contribution in [0.25, 0.3) is 10.9 Å².